The topological polar surface area (TPSA) is 70.6 Å². The number of fused-ring (bicyclic) bond motifs is 1. The SMILES string of the molecule is COCCC1CCN(C)CC1.Cc1cc(C#N)cn2c(C)c(Cc3c(Cl)ccc(C=O)c3Cl)nc12. The van der Waals surface area contributed by atoms with Crippen LogP contribution in [0.3, 0.4) is 0 Å². The summed E-state index contributed by atoms with van der Waals surface area (Å²) in [5.41, 5.74) is 5.08. The molecule has 8 heteroatoms. The highest BCUT2D eigenvalue weighted by atomic mass is 35.5. The van der Waals surface area contributed by atoms with Crippen molar-refractivity contribution in [1.82, 2.24) is 14.3 Å². The molecule has 0 saturated carbocycles. The van der Waals surface area contributed by atoms with E-state index >= 15 is 0 Å². The molecule has 35 heavy (non-hydrogen) atoms. The van der Waals surface area contributed by atoms with Crippen LogP contribution in [0.15, 0.2) is 24.4 Å². The quantitative estimate of drug-likeness (QED) is 0.383. The van der Waals surface area contributed by atoms with E-state index in [4.69, 9.17) is 33.2 Å². The average Bonchev–Trinajstić information content (AvgIpc) is 3.17. The van der Waals surface area contributed by atoms with E-state index in [0.29, 0.717) is 39.4 Å². The van der Waals surface area contributed by atoms with Crippen LogP contribution < -0.4 is 0 Å². The van der Waals surface area contributed by atoms with Crippen LogP contribution in [0, 0.1) is 31.1 Å². The van der Waals surface area contributed by atoms with Crippen LogP contribution >= 0.6 is 23.2 Å². The zero-order valence-corrected chi connectivity index (χ0v) is 22.3. The molecule has 0 bridgehead atoms. The second-order valence-corrected chi connectivity index (χ2v) is 9.90. The maximum atomic E-state index is 11.1. The van der Waals surface area contributed by atoms with Gasteiger partial charge in [-0.25, -0.2) is 4.98 Å². The largest absolute Gasteiger partial charge is 0.385 e. The van der Waals surface area contributed by atoms with E-state index in [-0.39, 0.29) is 0 Å². The molecule has 3 heterocycles. The third-order valence-corrected chi connectivity index (χ3v) is 7.43. The second-order valence-electron chi connectivity index (χ2n) is 9.11. The van der Waals surface area contributed by atoms with Crippen molar-refractivity contribution in [2.45, 2.75) is 39.5 Å². The molecule has 1 fully saturated rings. The smallest absolute Gasteiger partial charge is 0.151 e. The summed E-state index contributed by atoms with van der Waals surface area (Å²) in [6, 6.07) is 7.22. The zero-order valence-electron chi connectivity index (χ0n) is 20.8. The summed E-state index contributed by atoms with van der Waals surface area (Å²) in [7, 11) is 3.99. The molecule has 4 rings (SSSR count). The molecular weight excluding hydrogens is 483 g/mol. The molecule has 186 valence electrons. The lowest BCUT2D eigenvalue weighted by Gasteiger charge is -2.28. The maximum absolute atomic E-state index is 11.1. The Labute approximate surface area is 217 Å². The van der Waals surface area contributed by atoms with Crippen molar-refractivity contribution in [2.75, 3.05) is 33.9 Å². The van der Waals surface area contributed by atoms with Gasteiger partial charge in [-0.15, -0.1) is 0 Å². The molecule has 0 spiro atoms. The van der Waals surface area contributed by atoms with Crippen LogP contribution in [0.5, 0.6) is 0 Å². The summed E-state index contributed by atoms with van der Waals surface area (Å²) in [6.07, 6.45) is 6.86. The van der Waals surface area contributed by atoms with Crippen molar-refractivity contribution in [2.24, 2.45) is 5.92 Å². The number of nitriles is 1. The van der Waals surface area contributed by atoms with Gasteiger partial charge in [0, 0.05) is 42.6 Å². The average molecular weight is 515 g/mol. The lowest BCUT2D eigenvalue weighted by molar-refractivity contribution is 0.112. The van der Waals surface area contributed by atoms with Crippen molar-refractivity contribution in [3.05, 3.63) is 68.1 Å². The molecular formula is C27H32Cl2N4O2. The molecule has 1 aliphatic heterocycles. The highest BCUT2D eigenvalue weighted by Gasteiger charge is 2.17. The Bertz CT molecular complexity index is 1220. The van der Waals surface area contributed by atoms with Gasteiger partial charge in [0.15, 0.2) is 6.29 Å². The Morgan fingerprint density at radius 3 is 2.60 bits per heavy atom. The lowest BCUT2D eigenvalue weighted by Crippen LogP contribution is -2.30. The Kier molecular flexibility index (Phi) is 9.71. The van der Waals surface area contributed by atoms with E-state index < -0.39 is 0 Å². The van der Waals surface area contributed by atoms with Crippen molar-refractivity contribution >= 4 is 35.1 Å². The molecule has 1 saturated heterocycles. The first-order valence-corrected chi connectivity index (χ1v) is 12.5. The van der Waals surface area contributed by atoms with Gasteiger partial charge in [-0.1, -0.05) is 23.2 Å². The number of carbonyl (C=O) groups is 1. The van der Waals surface area contributed by atoms with Crippen LogP contribution in [0.1, 0.15) is 57.7 Å². The van der Waals surface area contributed by atoms with E-state index in [1.54, 1.807) is 31.5 Å². The van der Waals surface area contributed by atoms with Gasteiger partial charge in [-0.05, 0) is 88.5 Å². The summed E-state index contributed by atoms with van der Waals surface area (Å²) in [4.78, 5) is 18.2. The molecule has 2 aromatic heterocycles. The van der Waals surface area contributed by atoms with Crippen LogP contribution in [-0.4, -0.2) is 54.4 Å². The number of rotatable bonds is 6. The van der Waals surface area contributed by atoms with Crippen LogP contribution in [0.25, 0.3) is 5.65 Å². The highest BCUT2D eigenvalue weighted by molar-refractivity contribution is 6.37. The number of nitrogens with zero attached hydrogens (tertiary/aromatic N) is 4. The number of hydrogen-bond acceptors (Lipinski definition) is 5. The molecule has 0 N–H and O–H groups in total. The molecule has 0 unspecified atom stereocenters. The summed E-state index contributed by atoms with van der Waals surface area (Å²) < 4.78 is 6.96. The molecule has 1 aromatic carbocycles. The number of benzene rings is 1. The van der Waals surface area contributed by atoms with Crippen molar-refractivity contribution in [3.63, 3.8) is 0 Å². The number of imidazole rings is 1. The minimum atomic E-state index is 0.350. The Morgan fingerprint density at radius 1 is 1.26 bits per heavy atom. The second kappa shape index (κ2) is 12.5. The van der Waals surface area contributed by atoms with Gasteiger partial charge in [-0.3, -0.25) is 4.79 Å². The van der Waals surface area contributed by atoms with Crippen molar-refractivity contribution < 1.29 is 9.53 Å². The third kappa shape index (κ3) is 6.62. The van der Waals surface area contributed by atoms with Gasteiger partial charge in [0.05, 0.1) is 16.3 Å². The fourth-order valence-electron chi connectivity index (χ4n) is 4.37. The summed E-state index contributed by atoms with van der Waals surface area (Å²) in [5, 5.41) is 9.98. The minimum Gasteiger partial charge on any atom is -0.385 e. The number of likely N-dealkylation sites (tertiary alicyclic amines) is 1. The predicted molar refractivity (Wildman–Crippen MR) is 141 cm³/mol. The number of aryl methyl sites for hydroxylation is 2. The van der Waals surface area contributed by atoms with Crippen LogP contribution in [0.2, 0.25) is 10.0 Å². The highest BCUT2D eigenvalue weighted by Crippen LogP contribution is 2.30. The first-order chi connectivity index (χ1) is 16.8. The number of aromatic nitrogens is 2. The number of methoxy groups -OCH3 is 1. The number of aldehydes is 1. The summed E-state index contributed by atoms with van der Waals surface area (Å²) in [5.74, 6) is 0.922. The Hall–Kier alpha value is -2.43. The molecule has 0 aliphatic carbocycles. The first-order valence-electron chi connectivity index (χ1n) is 11.8. The van der Waals surface area contributed by atoms with Gasteiger partial charge in [0.2, 0.25) is 0 Å². The summed E-state index contributed by atoms with van der Waals surface area (Å²) in [6.45, 7) is 7.33. The van der Waals surface area contributed by atoms with Gasteiger partial charge in [-0.2, -0.15) is 5.26 Å². The fourth-order valence-corrected chi connectivity index (χ4v) is 4.92. The van der Waals surface area contributed by atoms with Gasteiger partial charge >= 0.3 is 0 Å². The first kappa shape index (κ1) is 27.2. The monoisotopic (exact) mass is 514 g/mol. The maximum Gasteiger partial charge on any atom is 0.151 e. The molecule has 0 radical (unpaired) electrons. The number of halogens is 2. The number of carbonyl (C=O) groups excluding carboxylic acids is 1. The summed E-state index contributed by atoms with van der Waals surface area (Å²) >= 11 is 12.6. The van der Waals surface area contributed by atoms with Gasteiger partial charge < -0.3 is 14.0 Å². The normalized spacial score (nSPS) is 14.4. The van der Waals surface area contributed by atoms with E-state index in [0.717, 1.165) is 35.1 Å². The van der Waals surface area contributed by atoms with E-state index in [1.165, 1.54) is 32.4 Å². The Morgan fingerprint density at radius 2 is 1.97 bits per heavy atom. The minimum absolute atomic E-state index is 0.350. The molecule has 1 aliphatic rings. The molecule has 0 atom stereocenters. The molecule has 0 amide bonds. The standard InChI is InChI=1S/C18H13Cl2N3O.C9H19NO/c1-10-5-12(7-21)8-23-11(2)16(22-18(10)23)6-14-15(19)4-3-13(9-24)17(14)20;1-10-6-3-9(4-7-10)5-8-11-2/h3-5,8-9H,6H2,1-2H3;9H,3-8H2,1-2H3. The molecule has 3 aromatic rings. The van der Waals surface area contributed by atoms with Gasteiger partial charge in [0.25, 0.3) is 0 Å². The predicted octanol–water partition coefficient (Wildman–Crippen LogP) is 5.90. The lowest BCUT2D eigenvalue weighted by atomic mass is 9.94. The van der Waals surface area contributed by atoms with E-state index in [1.807, 2.05) is 18.2 Å². The number of pyridine rings is 1. The number of ether oxygens (including phenoxy) is 1. The van der Waals surface area contributed by atoms with Crippen LogP contribution in [0.4, 0.5) is 0 Å². The molecule has 6 nitrogen and oxygen atoms in total. The van der Waals surface area contributed by atoms with Crippen LogP contribution in [-0.2, 0) is 11.2 Å². The fraction of sp³-hybridized carbons (Fsp3) is 0.444. The Balaban J connectivity index is 0.000000261. The van der Waals surface area contributed by atoms with Gasteiger partial charge in [0.1, 0.15) is 11.7 Å². The third-order valence-electron chi connectivity index (χ3n) is 6.63. The number of piperidine rings is 1. The van der Waals surface area contributed by atoms with Crippen molar-refractivity contribution in [3.8, 4) is 6.07 Å². The zero-order chi connectivity index (χ0) is 25.5. The van der Waals surface area contributed by atoms with E-state index in [9.17, 15) is 4.79 Å². The van der Waals surface area contributed by atoms with E-state index in [2.05, 4.69) is 23.0 Å². The van der Waals surface area contributed by atoms with Crippen molar-refractivity contribution in [1.29, 1.82) is 5.26 Å². The number of hydrogen-bond donors (Lipinski definition) is 0.